The van der Waals surface area contributed by atoms with E-state index in [4.69, 9.17) is 9.47 Å². The molecule has 1 atom stereocenters. The molecule has 1 aromatic rings. The summed E-state index contributed by atoms with van der Waals surface area (Å²) in [6, 6.07) is 4.06. The minimum Gasteiger partial charge on any atom is -0.493 e. The fourth-order valence-electron chi connectivity index (χ4n) is 2.50. The van der Waals surface area contributed by atoms with E-state index in [1.54, 1.807) is 24.3 Å². The predicted molar refractivity (Wildman–Crippen MR) is 80.4 cm³/mol. The molecule has 22 heavy (non-hydrogen) atoms. The van der Waals surface area contributed by atoms with E-state index >= 15 is 0 Å². The Hall–Kier alpha value is -2.50. The summed E-state index contributed by atoms with van der Waals surface area (Å²) in [5.41, 5.74) is 0.385. The van der Waals surface area contributed by atoms with Crippen molar-refractivity contribution in [3.8, 4) is 11.5 Å². The number of methoxy groups -OCH3 is 1. The minimum atomic E-state index is -0.969. The van der Waals surface area contributed by atoms with Crippen LogP contribution < -0.4 is 9.47 Å². The lowest BCUT2D eigenvalue weighted by Crippen LogP contribution is -2.40. The Labute approximate surface area is 128 Å². The van der Waals surface area contributed by atoms with Crippen molar-refractivity contribution in [2.75, 3.05) is 20.3 Å². The van der Waals surface area contributed by atoms with Gasteiger partial charge in [-0.15, -0.1) is 0 Å². The summed E-state index contributed by atoms with van der Waals surface area (Å²) in [7, 11) is 1.49. The zero-order valence-corrected chi connectivity index (χ0v) is 12.4. The van der Waals surface area contributed by atoms with Gasteiger partial charge in [0.25, 0.3) is 5.91 Å². The molecule has 1 amide bonds. The summed E-state index contributed by atoms with van der Waals surface area (Å²) in [5.74, 6) is -0.337. The second kappa shape index (κ2) is 6.98. The van der Waals surface area contributed by atoms with Gasteiger partial charge in [0.05, 0.1) is 7.11 Å². The third-order valence-electron chi connectivity index (χ3n) is 3.57. The number of rotatable bonds is 6. The van der Waals surface area contributed by atoms with Crippen LogP contribution >= 0.6 is 0 Å². The lowest BCUT2D eigenvalue weighted by atomic mass is 10.1. The predicted octanol–water partition coefficient (Wildman–Crippen LogP) is 1.95. The zero-order valence-electron chi connectivity index (χ0n) is 12.4. The summed E-state index contributed by atoms with van der Waals surface area (Å²) >= 11 is 0. The summed E-state index contributed by atoms with van der Waals surface area (Å²) in [5, 5.41) is 9.17. The van der Waals surface area contributed by atoms with Crippen LogP contribution in [0.5, 0.6) is 11.5 Å². The zero-order chi connectivity index (χ0) is 16.1. The summed E-state index contributed by atoms with van der Waals surface area (Å²) < 4.78 is 10.7. The monoisotopic (exact) mass is 305 g/mol. The molecule has 6 heteroatoms. The highest BCUT2D eigenvalue weighted by Crippen LogP contribution is 2.29. The van der Waals surface area contributed by atoms with E-state index in [9.17, 15) is 14.7 Å². The highest BCUT2D eigenvalue weighted by Gasteiger charge is 2.34. The smallest absolute Gasteiger partial charge is 0.326 e. The van der Waals surface area contributed by atoms with Gasteiger partial charge in [0.15, 0.2) is 11.5 Å². The Balaban J connectivity index is 2.22. The summed E-state index contributed by atoms with van der Waals surface area (Å²) in [6.45, 7) is 4.35. The number of amides is 1. The molecule has 0 bridgehead atoms. The van der Waals surface area contributed by atoms with Crippen LogP contribution in [0.4, 0.5) is 0 Å². The summed E-state index contributed by atoms with van der Waals surface area (Å²) in [6.07, 6.45) is 2.79. The summed E-state index contributed by atoms with van der Waals surface area (Å²) in [4.78, 5) is 25.1. The van der Waals surface area contributed by atoms with Crippen molar-refractivity contribution in [2.24, 2.45) is 0 Å². The maximum absolute atomic E-state index is 12.5. The quantitative estimate of drug-likeness (QED) is 0.813. The number of aliphatic carboxylic acids is 1. The van der Waals surface area contributed by atoms with Crippen LogP contribution in [-0.2, 0) is 4.79 Å². The molecule has 6 nitrogen and oxygen atoms in total. The number of hydrogen-bond acceptors (Lipinski definition) is 4. The largest absolute Gasteiger partial charge is 0.493 e. The topological polar surface area (TPSA) is 76.1 Å². The molecule has 1 heterocycles. The number of carbonyl (C=O) groups excluding carboxylic acids is 1. The molecule has 2 rings (SSSR count). The maximum Gasteiger partial charge on any atom is 0.326 e. The van der Waals surface area contributed by atoms with Crippen molar-refractivity contribution in [3.63, 3.8) is 0 Å². The van der Waals surface area contributed by atoms with Gasteiger partial charge in [-0.05, 0) is 31.0 Å². The van der Waals surface area contributed by atoms with Crippen LogP contribution in [0.2, 0.25) is 0 Å². The lowest BCUT2D eigenvalue weighted by Gasteiger charge is -2.22. The molecular formula is C16H19NO5. The highest BCUT2D eigenvalue weighted by molar-refractivity contribution is 5.97. The molecule has 1 aliphatic heterocycles. The normalized spacial score (nSPS) is 17.1. The fraction of sp³-hybridized carbons (Fsp3) is 0.375. The highest BCUT2D eigenvalue weighted by atomic mass is 16.5. The molecule has 0 aromatic heterocycles. The van der Waals surface area contributed by atoms with Crippen LogP contribution in [0, 0.1) is 0 Å². The van der Waals surface area contributed by atoms with Gasteiger partial charge >= 0.3 is 5.97 Å². The van der Waals surface area contributed by atoms with E-state index in [2.05, 4.69) is 6.58 Å². The van der Waals surface area contributed by atoms with Crippen molar-refractivity contribution < 1.29 is 24.2 Å². The lowest BCUT2D eigenvalue weighted by molar-refractivity contribution is -0.141. The standard InChI is InChI=1S/C16H19NO5/c1-3-9-22-13-7-6-11(10-14(13)21-2)15(18)17-8-4-5-12(17)16(19)20/h3,6-7,10,12H,1,4-5,8-9H2,2H3,(H,19,20). The van der Waals surface area contributed by atoms with Crippen molar-refractivity contribution in [1.29, 1.82) is 0 Å². The van der Waals surface area contributed by atoms with Crippen molar-refractivity contribution in [2.45, 2.75) is 18.9 Å². The molecule has 0 radical (unpaired) electrons. The van der Waals surface area contributed by atoms with Gasteiger partial charge in [0, 0.05) is 12.1 Å². The molecule has 0 spiro atoms. The van der Waals surface area contributed by atoms with Gasteiger partial charge < -0.3 is 19.5 Å². The Bertz CT molecular complexity index is 584. The number of nitrogens with zero attached hydrogens (tertiary/aromatic N) is 1. The van der Waals surface area contributed by atoms with Gasteiger partial charge in [-0.1, -0.05) is 12.7 Å². The number of hydrogen-bond donors (Lipinski definition) is 1. The molecule has 1 fully saturated rings. The fourth-order valence-corrected chi connectivity index (χ4v) is 2.50. The first-order chi connectivity index (χ1) is 10.6. The Morgan fingerprint density at radius 2 is 2.23 bits per heavy atom. The number of benzene rings is 1. The number of ether oxygens (including phenoxy) is 2. The Kier molecular flexibility index (Phi) is 5.04. The van der Waals surface area contributed by atoms with E-state index in [-0.39, 0.29) is 5.91 Å². The second-order valence-electron chi connectivity index (χ2n) is 4.96. The molecule has 1 aromatic carbocycles. The third kappa shape index (κ3) is 3.21. The van der Waals surface area contributed by atoms with Gasteiger partial charge in [0.1, 0.15) is 12.6 Å². The SMILES string of the molecule is C=CCOc1ccc(C(=O)N2CCCC2C(=O)O)cc1OC. The number of carbonyl (C=O) groups is 2. The number of likely N-dealkylation sites (tertiary alicyclic amines) is 1. The van der Waals surface area contributed by atoms with Crippen LogP contribution in [0.25, 0.3) is 0 Å². The van der Waals surface area contributed by atoms with Crippen LogP contribution in [-0.4, -0.2) is 48.2 Å². The second-order valence-corrected chi connectivity index (χ2v) is 4.96. The Morgan fingerprint density at radius 3 is 2.86 bits per heavy atom. The number of carboxylic acids is 1. The van der Waals surface area contributed by atoms with Gasteiger partial charge in [-0.2, -0.15) is 0 Å². The molecule has 118 valence electrons. The van der Waals surface area contributed by atoms with Crippen LogP contribution in [0.1, 0.15) is 23.2 Å². The van der Waals surface area contributed by atoms with Gasteiger partial charge in [-0.25, -0.2) is 4.79 Å². The van der Waals surface area contributed by atoms with E-state index in [0.717, 1.165) is 0 Å². The average molecular weight is 305 g/mol. The van der Waals surface area contributed by atoms with Gasteiger partial charge in [-0.3, -0.25) is 4.79 Å². The van der Waals surface area contributed by atoms with Gasteiger partial charge in [0.2, 0.25) is 0 Å². The molecule has 0 saturated carbocycles. The molecule has 1 saturated heterocycles. The van der Waals surface area contributed by atoms with Crippen LogP contribution in [0.3, 0.4) is 0 Å². The van der Waals surface area contributed by atoms with Crippen LogP contribution in [0.15, 0.2) is 30.9 Å². The van der Waals surface area contributed by atoms with E-state index in [1.807, 2.05) is 0 Å². The van der Waals surface area contributed by atoms with Crippen molar-refractivity contribution in [3.05, 3.63) is 36.4 Å². The maximum atomic E-state index is 12.5. The van der Waals surface area contributed by atoms with E-state index in [1.165, 1.54) is 12.0 Å². The molecule has 1 aliphatic rings. The van der Waals surface area contributed by atoms with Crippen molar-refractivity contribution in [1.82, 2.24) is 4.90 Å². The minimum absolute atomic E-state index is 0.307. The molecule has 1 unspecified atom stereocenters. The number of carboxylic acid groups (broad SMARTS) is 1. The molecule has 1 N–H and O–H groups in total. The molecular weight excluding hydrogens is 286 g/mol. The van der Waals surface area contributed by atoms with E-state index in [0.29, 0.717) is 43.1 Å². The van der Waals surface area contributed by atoms with E-state index < -0.39 is 12.0 Å². The van der Waals surface area contributed by atoms with Crippen molar-refractivity contribution >= 4 is 11.9 Å². The first-order valence-electron chi connectivity index (χ1n) is 7.04. The Morgan fingerprint density at radius 1 is 1.45 bits per heavy atom. The first kappa shape index (κ1) is 15.9. The average Bonchev–Trinajstić information content (AvgIpc) is 3.01. The third-order valence-corrected chi connectivity index (χ3v) is 3.57. The first-order valence-corrected chi connectivity index (χ1v) is 7.04. The molecule has 0 aliphatic carbocycles.